The molecule has 1 aliphatic rings. The van der Waals surface area contributed by atoms with Crippen LogP contribution >= 0.6 is 11.3 Å². The molecule has 0 aliphatic heterocycles. The van der Waals surface area contributed by atoms with Gasteiger partial charge >= 0.3 is 12.0 Å². The SMILES string of the molecule is C=CCNc1nc(C(=O)O[C@@H](C)C(=O)NC(=O)NC2CCCCC2)cs1. The highest BCUT2D eigenvalue weighted by Crippen LogP contribution is 2.17. The highest BCUT2D eigenvalue weighted by molar-refractivity contribution is 7.13. The van der Waals surface area contributed by atoms with Gasteiger partial charge in [-0.1, -0.05) is 25.3 Å². The maximum absolute atomic E-state index is 12.0. The van der Waals surface area contributed by atoms with Crippen molar-refractivity contribution < 1.29 is 19.1 Å². The van der Waals surface area contributed by atoms with Gasteiger partial charge in [-0.25, -0.2) is 14.6 Å². The van der Waals surface area contributed by atoms with Crippen LogP contribution in [-0.2, 0) is 9.53 Å². The van der Waals surface area contributed by atoms with E-state index in [-0.39, 0.29) is 11.7 Å². The number of carbonyl (C=O) groups is 3. The zero-order valence-corrected chi connectivity index (χ0v) is 15.6. The van der Waals surface area contributed by atoms with Gasteiger partial charge in [0.2, 0.25) is 0 Å². The number of carbonyl (C=O) groups excluding carboxylic acids is 3. The van der Waals surface area contributed by atoms with Gasteiger partial charge in [-0.3, -0.25) is 10.1 Å². The number of hydrogen-bond acceptors (Lipinski definition) is 7. The number of hydrogen-bond donors (Lipinski definition) is 3. The Hall–Kier alpha value is -2.42. The van der Waals surface area contributed by atoms with Crippen LogP contribution in [0.15, 0.2) is 18.0 Å². The van der Waals surface area contributed by atoms with Crippen LogP contribution in [0.25, 0.3) is 0 Å². The van der Waals surface area contributed by atoms with Crippen LogP contribution in [0.1, 0.15) is 49.5 Å². The van der Waals surface area contributed by atoms with Crippen molar-refractivity contribution in [2.24, 2.45) is 0 Å². The van der Waals surface area contributed by atoms with E-state index < -0.39 is 24.0 Å². The fourth-order valence-corrected chi connectivity index (χ4v) is 3.25. The molecule has 0 spiro atoms. The smallest absolute Gasteiger partial charge is 0.358 e. The summed E-state index contributed by atoms with van der Waals surface area (Å²) < 4.78 is 5.07. The summed E-state index contributed by atoms with van der Waals surface area (Å²) in [6.07, 6.45) is 5.72. The maximum atomic E-state index is 12.0. The molecular weight excluding hydrogens is 356 g/mol. The van der Waals surface area contributed by atoms with E-state index in [0.29, 0.717) is 11.7 Å². The monoisotopic (exact) mass is 380 g/mol. The first-order valence-electron chi connectivity index (χ1n) is 8.62. The summed E-state index contributed by atoms with van der Waals surface area (Å²) in [7, 11) is 0. The topological polar surface area (TPSA) is 109 Å². The number of aromatic nitrogens is 1. The molecule has 0 bridgehead atoms. The number of thiazole rings is 1. The van der Waals surface area contributed by atoms with Crippen molar-refractivity contribution in [1.82, 2.24) is 15.6 Å². The molecule has 0 aromatic carbocycles. The van der Waals surface area contributed by atoms with Crippen LogP contribution in [0.2, 0.25) is 0 Å². The van der Waals surface area contributed by atoms with Crippen molar-refractivity contribution in [3.8, 4) is 0 Å². The largest absolute Gasteiger partial charge is 0.448 e. The van der Waals surface area contributed by atoms with Gasteiger partial charge < -0.3 is 15.4 Å². The lowest BCUT2D eigenvalue weighted by molar-refractivity contribution is -0.127. The van der Waals surface area contributed by atoms with Gasteiger partial charge in [0.05, 0.1) is 0 Å². The number of esters is 1. The average molecular weight is 380 g/mol. The summed E-state index contributed by atoms with van der Waals surface area (Å²) in [6, 6.07) is -0.472. The van der Waals surface area contributed by atoms with Gasteiger partial charge in [-0.2, -0.15) is 0 Å². The molecule has 1 aliphatic carbocycles. The van der Waals surface area contributed by atoms with E-state index in [9.17, 15) is 14.4 Å². The first-order chi connectivity index (χ1) is 12.5. The lowest BCUT2D eigenvalue weighted by Crippen LogP contribution is -2.48. The van der Waals surface area contributed by atoms with Crippen molar-refractivity contribution in [3.05, 3.63) is 23.7 Å². The zero-order valence-electron chi connectivity index (χ0n) is 14.7. The first kappa shape index (κ1) is 19.9. The molecule has 0 unspecified atom stereocenters. The number of ether oxygens (including phenoxy) is 1. The first-order valence-corrected chi connectivity index (χ1v) is 9.50. The molecule has 1 fully saturated rings. The Morgan fingerprint density at radius 2 is 2.12 bits per heavy atom. The standard InChI is InChI=1S/C17H24N4O4S/c1-3-9-18-17-20-13(10-26-17)15(23)25-11(2)14(22)21-16(24)19-12-7-5-4-6-8-12/h3,10-12H,1,4-9H2,2H3,(H,18,20)(H2,19,21,22,24)/t11-/m0/s1. The lowest BCUT2D eigenvalue weighted by atomic mass is 9.96. The summed E-state index contributed by atoms with van der Waals surface area (Å²) in [5.41, 5.74) is 0.105. The maximum Gasteiger partial charge on any atom is 0.358 e. The van der Waals surface area contributed by atoms with Gasteiger partial charge in [-0.15, -0.1) is 17.9 Å². The molecule has 3 N–H and O–H groups in total. The van der Waals surface area contributed by atoms with Gasteiger partial charge in [-0.05, 0) is 19.8 Å². The molecule has 26 heavy (non-hydrogen) atoms. The Morgan fingerprint density at radius 3 is 2.81 bits per heavy atom. The van der Waals surface area contributed by atoms with E-state index in [2.05, 4.69) is 27.5 Å². The van der Waals surface area contributed by atoms with Gasteiger partial charge in [0, 0.05) is 18.0 Å². The fourth-order valence-electron chi connectivity index (χ4n) is 2.56. The van der Waals surface area contributed by atoms with Crippen LogP contribution in [0.5, 0.6) is 0 Å². The van der Waals surface area contributed by atoms with Crippen LogP contribution in [0.4, 0.5) is 9.93 Å². The second kappa shape index (κ2) is 9.91. The molecule has 0 saturated heterocycles. The van der Waals surface area contributed by atoms with Crippen molar-refractivity contribution in [2.45, 2.75) is 51.2 Å². The zero-order chi connectivity index (χ0) is 18.9. The summed E-state index contributed by atoms with van der Waals surface area (Å²) in [5, 5.41) is 10.0. The Bertz CT molecular complexity index is 655. The Labute approximate surface area is 156 Å². The number of nitrogens with one attached hydrogen (secondary N) is 3. The number of amides is 3. The number of imide groups is 1. The second-order valence-corrected chi connectivity index (χ2v) is 6.91. The molecule has 1 aromatic heterocycles. The predicted octanol–water partition coefficient (Wildman–Crippen LogP) is 2.44. The fraction of sp³-hybridized carbons (Fsp3) is 0.529. The number of rotatable bonds is 7. The molecule has 9 heteroatoms. The van der Waals surface area contributed by atoms with E-state index in [4.69, 9.17) is 4.74 Å². The minimum atomic E-state index is -1.11. The Morgan fingerprint density at radius 1 is 1.38 bits per heavy atom. The summed E-state index contributed by atoms with van der Waals surface area (Å²) >= 11 is 1.25. The minimum Gasteiger partial charge on any atom is -0.448 e. The van der Waals surface area contributed by atoms with E-state index in [1.807, 2.05) is 0 Å². The lowest BCUT2D eigenvalue weighted by Gasteiger charge is -2.23. The summed E-state index contributed by atoms with van der Waals surface area (Å²) in [6.45, 7) is 5.51. The van der Waals surface area contributed by atoms with E-state index in [0.717, 1.165) is 25.7 Å². The van der Waals surface area contributed by atoms with Gasteiger partial charge in [0.15, 0.2) is 16.9 Å². The van der Waals surface area contributed by atoms with Crippen molar-refractivity contribution in [3.63, 3.8) is 0 Å². The van der Waals surface area contributed by atoms with Gasteiger partial charge in [0.1, 0.15) is 0 Å². The molecule has 2 rings (SSSR count). The third-order valence-corrected chi connectivity index (χ3v) is 4.74. The normalized spacial score (nSPS) is 15.6. The van der Waals surface area contributed by atoms with Crippen LogP contribution in [0, 0.1) is 0 Å². The second-order valence-electron chi connectivity index (χ2n) is 6.05. The third-order valence-electron chi connectivity index (χ3n) is 3.94. The van der Waals surface area contributed by atoms with E-state index >= 15 is 0 Å². The molecule has 1 heterocycles. The van der Waals surface area contributed by atoms with E-state index in [1.165, 1.54) is 30.1 Å². The van der Waals surface area contributed by atoms with Crippen LogP contribution in [-0.4, -0.2) is 41.6 Å². The van der Waals surface area contributed by atoms with Crippen LogP contribution < -0.4 is 16.0 Å². The van der Waals surface area contributed by atoms with Crippen LogP contribution in [0.3, 0.4) is 0 Å². The van der Waals surface area contributed by atoms with Crippen molar-refractivity contribution in [2.75, 3.05) is 11.9 Å². The molecular formula is C17H24N4O4S. The summed E-state index contributed by atoms with van der Waals surface area (Å²) in [4.78, 5) is 40.0. The Balaban J connectivity index is 1.78. The highest BCUT2D eigenvalue weighted by atomic mass is 32.1. The minimum absolute atomic E-state index is 0.0888. The molecule has 1 saturated carbocycles. The van der Waals surface area contributed by atoms with E-state index in [1.54, 1.807) is 6.08 Å². The highest BCUT2D eigenvalue weighted by Gasteiger charge is 2.23. The molecule has 3 amide bonds. The molecule has 142 valence electrons. The number of urea groups is 1. The average Bonchev–Trinajstić information content (AvgIpc) is 3.09. The molecule has 1 atom stereocenters. The Kier molecular flexibility index (Phi) is 7.58. The summed E-state index contributed by atoms with van der Waals surface area (Å²) in [5.74, 6) is -1.39. The van der Waals surface area contributed by atoms with Gasteiger partial charge in [0.25, 0.3) is 5.91 Å². The third kappa shape index (κ3) is 6.14. The quantitative estimate of drug-likeness (QED) is 0.495. The number of nitrogens with zero attached hydrogens (tertiary/aromatic N) is 1. The molecule has 8 nitrogen and oxygen atoms in total. The molecule has 1 aromatic rings. The number of anilines is 1. The molecule has 0 radical (unpaired) electrons. The van der Waals surface area contributed by atoms with Crippen molar-refractivity contribution in [1.29, 1.82) is 0 Å². The van der Waals surface area contributed by atoms with Crippen molar-refractivity contribution >= 4 is 34.4 Å². The predicted molar refractivity (Wildman–Crippen MR) is 99.2 cm³/mol.